The summed E-state index contributed by atoms with van der Waals surface area (Å²) in [6, 6.07) is 0. The highest BCUT2D eigenvalue weighted by molar-refractivity contribution is 5.51. The lowest BCUT2D eigenvalue weighted by atomic mass is 9.87. The fourth-order valence-corrected chi connectivity index (χ4v) is 9.69. The summed E-state index contributed by atoms with van der Waals surface area (Å²) in [6.07, 6.45) is 55.7. The Morgan fingerprint density at radius 2 is 0.646 bits per heavy atom. The number of carboxylic acid groups (broad SMARTS) is 1. The molecule has 0 unspecified atom stereocenters. The van der Waals surface area contributed by atoms with Gasteiger partial charge in [0, 0.05) is 26.7 Å². The fraction of sp³-hybridized carbons (Fsp3) is 0.966. The smallest absolute Gasteiger partial charge is 0.290 e. The zero-order valence-corrected chi connectivity index (χ0v) is 45.3. The molecule has 65 heavy (non-hydrogen) atoms. The third-order valence-electron chi connectivity index (χ3n) is 14.1. The molecule has 0 spiro atoms. The van der Waals surface area contributed by atoms with E-state index in [9.17, 15) is 4.79 Å². The second-order valence-electron chi connectivity index (χ2n) is 20.2. The van der Waals surface area contributed by atoms with Gasteiger partial charge in [0.1, 0.15) is 6.29 Å². The molecule has 0 heterocycles. The lowest BCUT2D eigenvalue weighted by Crippen LogP contribution is -2.37. The number of hydrogen-bond acceptors (Lipinski definition) is 6. The predicted molar refractivity (Wildman–Crippen MR) is 287 cm³/mol. The molecule has 1 rings (SSSR count). The Morgan fingerprint density at radius 3 is 0.938 bits per heavy atom. The van der Waals surface area contributed by atoms with Gasteiger partial charge in [-0.15, -0.1) is 0 Å². The van der Waals surface area contributed by atoms with Crippen LogP contribution in [0, 0.1) is 5.92 Å². The van der Waals surface area contributed by atoms with Crippen LogP contribution < -0.4 is 0 Å². The van der Waals surface area contributed by atoms with Gasteiger partial charge < -0.3 is 24.4 Å². The van der Waals surface area contributed by atoms with E-state index in [1.165, 1.54) is 283 Å². The first-order valence-electron chi connectivity index (χ1n) is 29.2. The van der Waals surface area contributed by atoms with Crippen LogP contribution in [0.4, 0.5) is 0 Å². The van der Waals surface area contributed by atoms with E-state index >= 15 is 0 Å². The Morgan fingerprint density at radius 1 is 0.385 bits per heavy atom. The zero-order valence-electron chi connectivity index (χ0n) is 45.3. The zero-order chi connectivity index (χ0) is 47.9. The predicted octanol–water partition coefficient (Wildman–Crippen LogP) is 16.7. The summed E-state index contributed by atoms with van der Waals surface area (Å²) in [5.41, 5.74) is 0. The van der Waals surface area contributed by atoms with Gasteiger partial charge >= 0.3 is 0 Å². The SMILES string of the molecule is CCCCCCCCCN(CC=O)CCN(CCCCCCCCC)CCCCCCCCC.CCCCCCCCCN(CCCCCCCCC)CC1CCC(OC)CC1.O=CO. The van der Waals surface area contributed by atoms with E-state index in [-0.39, 0.29) is 6.47 Å². The summed E-state index contributed by atoms with van der Waals surface area (Å²) in [7, 11) is 1.89. The van der Waals surface area contributed by atoms with Crippen molar-refractivity contribution in [3.63, 3.8) is 0 Å². The average molecular weight is 923 g/mol. The molecular formula is C58H119N3O4. The van der Waals surface area contributed by atoms with Crippen LogP contribution in [0.1, 0.15) is 285 Å². The molecule has 1 N–H and O–H groups in total. The van der Waals surface area contributed by atoms with Gasteiger partial charge in [-0.05, 0) is 96.4 Å². The summed E-state index contributed by atoms with van der Waals surface area (Å²) < 4.78 is 5.57. The molecule has 0 aromatic carbocycles. The summed E-state index contributed by atoms with van der Waals surface area (Å²) in [4.78, 5) is 27.6. The van der Waals surface area contributed by atoms with Gasteiger partial charge in [0.25, 0.3) is 6.47 Å². The Kier molecular flexibility index (Phi) is 58.2. The number of nitrogens with zero attached hydrogens (tertiary/aromatic N) is 3. The summed E-state index contributed by atoms with van der Waals surface area (Å²) >= 11 is 0. The minimum Gasteiger partial charge on any atom is -0.483 e. The Labute approximate surface area is 408 Å². The number of rotatable bonds is 48. The first kappa shape index (κ1) is 66.1. The van der Waals surface area contributed by atoms with Crippen molar-refractivity contribution in [2.24, 2.45) is 5.92 Å². The first-order chi connectivity index (χ1) is 32.0. The Hall–Kier alpha value is -1.02. The van der Waals surface area contributed by atoms with E-state index in [2.05, 4.69) is 49.3 Å². The third kappa shape index (κ3) is 50.7. The molecule has 0 atom stereocenters. The summed E-state index contributed by atoms with van der Waals surface area (Å²) in [6.45, 7) is 21.7. The van der Waals surface area contributed by atoms with Crippen LogP contribution in [0.5, 0.6) is 0 Å². The average Bonchev–Trinajstić information content (AvgIpc) is 3.32. The minimum atomic E-state index is -0.250. The maximum absolute atomic E-state index is 11.2. The van der Waals surface area contributed by atoms with Gasteiger partial charge in [0.2, 0.25) is 0 Å². The molecule has 0 aromatic heterocycles. The van der Waals surface area contributed by atoms with E-state index in [4.69, 9.17) is 14.6 Å². The van der Waals surface area contributed by atoms with E-state index < -0.39 is 0 Å². The van der Waals surface area contributed by atoms with Gasteiger partial charge in [-0.25, -0.2) is 0 Å². The monoisotopic (exact) mass is 922 g/mol. The van der Waals surface area contributed by atoms with Gasteiger partial charge in [-0.3, -0.25) is 9.69 Å². The van der Waals surface area contributed by atoms with Crippen LogP contribution in [-0.4, -0.2) is 105 Å². The number of methoxy groups -OCH3 is 1. The van der Waals surface area contributed by atoms with Crippen LogP contribution in [0.25, 0.3) is 0 Å². The molecule has 0 saturated heterocycles. The van der Waals surface area contributed by atoms with Crippen molar-refractivity contribution in [1.82, 2.24) is 14.7 Å². The summed E-state index contributed by atoms with van der Waals surface area (Å²) in [5, 5.41) is 6.89. The van der Waals surface area contributed by atoms with Gasteiger partial charge in [0.15, 0.2) is 0 Å². The van der Waals surface area contributed by atoms with E-state index in [1.54, 1.807) is 0 Å². The molecule has 1 fully saturated rings. The molecule has 0 aromatic rings. The topological polar surface area (TPSA) is 73.3 Å². The lowest BCUT2D eigenvalue weighted by molar-refractivity contribution is -0.122. The molecule has 7 nitrogen and oxygen atoms in total. The van der Waals surface area contributed by atoms with Crippen molar-refractivity contribution in [3.05, 3.63) is 0 Å². The lowest BCUT2D eigenvalue weighted by Gasteiger charge is -2.32. The number of carbonyl (C=O) groups excluding carboxylic acids is 1. The first-order valence-corrected chi connectivity index (χ1v) is 29.2. The third-order valence-corrected chi connectivity index (χ3v) is 14.1. The van der Waals surface area contributed by atoms with E-state index in [1.807, 2.05) is 7.11 Å². The molecule has 0 aliphatic heterocycles. The molecule has 0 bridgehead atoms. The highest BCUT2D eigenvalue weighted by Gasteiger charge is 2.22. The second-order valence-corrected chi connectivity index (χ2v) is 20.2. The normalized spacial score (nSPS) is 15.0. The van der Waals surface area contributed by atoms with E-state index in [0.29, 0.717) is 12.6 Å². The highest BCUT2D eigenvalue weighted by atomic mass is 16.5. The maximum Gasteiger partial charge on any atom is 0.290 e. The van der Waals surface area contributed by atoms with Crippen LogP contribution in [0.2, 0.25) is 0 Å². The van der Waals surface area contributed by atoms with Gasteiger partial charge in [0.05, 0.1) is 12.6 Å². The molecule has 0 amide bonds. The van der Waals surface area contributed by atoms with Crippen molar-refractivity contribution in [1.29, 1.82) is 0 Å². The quantitative estimate of drug-likeness (QED) is 0.0481. The molecule has 0 radical (unpaired) electrons. The number of unbranched alkanes of at least 4 members (excludes halogenated alkanes) is 30. The van der Waals surface area contributed by atoms with Crippen molar-refractivity contribution in [3.8, 4) is 0 Å². The molecule has 390 valence electrons. The van der Waals surface area contributed by atoms with E-state index in [0.717, 1.165) is 31.8 Å². The van der Waals surface area contributed by atoms with Crippen LogP contribution in [0.15, 0.2) is 0 Å². The standard InChI is InChI=1S/C31H64N2O.C26H53NO.CH2O2/c1-4-7-10-13-16-19-22-25-32(26-23-20-17-14-11-8-5-2)28-29-33(30-31-34)27-24-21-18-15-12-9-6-3;1-4-6-8-10-12-14-16-22-27(23-17-15-13-11-9-7-5-2)24-25-18-20-26(28-3)21-19-25;2-1-3/h31H,4-30H2,1-3H3;25-26H,4-24H2,1-3H3;1H,(H,2,3). The van der Waals surface area contributed by atoms with Crippen LogP contribution >= 0.6 is 0 Å². The van der Waals surface area contributed by atoms with Gasteiger partial charge in [-0.1, -0.05) is 227 Å². The molecule has 1 aliphatic rings. The largest absolute Gasteiger partial charge is 0.483 e. The maximum atomic E-state index is 11.2. The highest BCUT2D eigenvalue weighted by Crippen LogP contribution is 2.27. The number of carbonyl (C=O) groups is 2. The van der Waals surface area contributed by atoms with Crippen LogP contribution in [0.3, 0.4) is 0 Å². The van der Waals surface area contributed by atoms with Crippen LogP contribution in [-0.2, 0) is 14.3 Å². The second kappa shape index (κ2) is 57.3. The number of ether oxygens (including phenoxy) is 1. The summed E-state index contributed by atoms with van der Waals surface area (Å²) in [5.74, 6) is 0.917. The van der Waals surface area contributed by atoms with Crippen molar-refractivity contribution < 1.29 is 19.4 Å². The molecule has 1 saturated carbocycles. The molecule has 7 heteroatoms. The number of aldehydes is 1. The van der Waals surface area contributed by atoms with Crippen molar-refractivity contribution in [2.45, 2.75) is 291 Å². The Balaban J connectivity index is 0. The van der Waals surface area contributed by atoms with Gasteiger partial charge in [-0.2, -0.15) is 0 Å². The van der Waals surface area contributed by atoms with Crippen molar-refractivity contribution in [2.75, 3.05) is 66.0 Å². The Bertz CT molecular complexity index is 849. The fourth-order valence-electron chi connectivity index (χ4n) is 9.69. The molecular weight excluding hydrogens is 803 g/mol. The minimum absolute atomic E-state index is 0.250. The number of hydrogen-bond donors (Lipinski definition) is 1. The molecule has 1 aliphatic carbocycles. The van der Waals surface area contributed by atoms with Crippen molar-refractivity contribution >= 4 is 12.8 Å².